The van der Waals surface area contributed by atoms with Gasteiger partial charge in [-0.1, -0.05) is 27.2 Å². The minimum absolute atomic E-state index is 0.00871. The molecule has 0 radical (unpaired) electrons. The Bertz CT molecular complexity index is 1020. The highest BCUT2D eigenvalue weighted by atomic mass is 16.6. The fraction of sp³-hybridized carbons (Fsp3) is 0.950. The van der Waals surface area contributed by atoms with Crippen LogP contribution in [0.1, 0.15) is 172 Å². The van der Waals surface area contributed by atoms with E-state index in [2.05, 4.69) is 41.5 Å². The second kappa shape index (κ2) is 11.9. The first-order valence-corrected chi connectivity index (χ1v) is 18.9. The lowest BCUT2D eigenvalue weighted by Crippen LogP contribution is -2.59. The molecule has 8 fully saturated rings. The summed E-state index contributed by atoms with van der Waals surface area (Å²) in [7, 11) is 0. The van der Waals surface area contributed by atoms with Crippen LogP contribution < -0.4 is 0 Å². The highest BCUT2D eigenvalue weighted by molar-refractivity contribution is 5.76. The van der Waals surface area contributed by atoms with Gasteiger partial charge in [0, 0.05) is 10.8 Å². The topological polar surface area (TPSA) is 52.6 Å². The van der Waals surface area contributed by atoms with Crippen molar-refractivity contribution in [2.45, 2.75) is 183 Å². The van der Waals surface area contributed by atoms with Gasteiger partial charge in [-0.25, -0.2) is 0 Å². The van der Waals surface area contributed by atoms with Gasteiger partial charge in [0.05, 0.1) is 10.8 Å². The predicted octanol–water partition coefficient (Wildman–Crippen LogP) is 10.7. The molecule has 0 aromatic heterocycles. The highest BCUT2D eigenvalue weighted by Crippen LogP contribution is 2.70. The van der Waals surface area contributed by atoms with Crippen molar-refractivity contribution in [1.29, 1.82) is 0 Å². The smallest absolute Gasteiger partial charge is 0.312 e. The van der Waals surface area contributed by atoms with Crippen molar-refractivity contribution >= 4 is 11.9 Å². The fourth-order valence-electron chi connectivity index (χ4n) is 11.6. The number of hydrogen-bond donors (Lipinski definition) is 0. The molecule has 0 spiro atoms. The Morgan fingerprint density at radius 3 is 1.43 bits per heavy atom. The second-order valence-electron chi connectivity index (χ2n) is 19.0. The minimum atomic E-state index is -0.365. The molecule has 4 nitrogen and oxygen atoms in total. The summed E-state index contributed by atoms with van der Waals surface area (Å²) in [6.45, 7) is 21.1. The second-order valence-corrected chi connectivity index (χ2v) is 19.0. The zero-order chi connectivity index (χ0) is 32.3. The zero-order valence-electron chi connectivity index (χ0n) is 30.4. The number of unbranched alkanes of at least 4 members (excludes halogenated alkanes) is 1. The molecule has 8 rings (SSSR count). The van der Waals surface area contributed by atoms with Crippen molar-refractivity contribution in [2.24, 2.45) is 57.2 Å². The lowest BCUT2D eigenvalue weighted by Gasteiger charge is -2.62. The Labute approximate surface area is 270 Å². The largest absolute Gasteiger partial charge is 0.459 e. The van der Waals surface area contributed by atoms with Crippen LogP contribution in [-0.4, -0.2) is 23.1 Å². The van der Waals surface area contributed by atoms with Crippen molar-refractivity contribution in [1.82, 2.24) is 0 Å². The molecule has 8 bridgehead atoms. The van der Waals surface area contributed by atoms with E-state index in [-0.39, 0.29) is 44.8 Å². The average Bonchev–Trinajstić information content (AvgIpc) is 3.36. The summed E-state index contributed by atoms with van der Waals surface area (Å²) in [5.41, 5.74) is -0.747. The van der Waals surface area contributed by atoms with Gasteiger partial charge in [-0.05, 0) is 180 Å². The maximum Gasteiger partial charge on any atom is 0.312 e. The Hall–Kier alpha value is -1.06. The lowest BCUT2D eigenvalue weighted by atomic mass is 9.45. The van der Waals surface area contributed by atoms with Crippen LogP contribution in [0.15, 0.2) is 0 Å². The molecular weight excluding hydrogens is 544 g/mol. The van der Waals surface area contributed by atoms with Crippen LogP contribution in [-0.2, 0) is 19.1 Å². The number of carbonyl (C=O) groups is 2. The van der Waals surface area contributed by atoms with Crippen LogP contribution >= 0.6 is 0 Å². The third-order valence-corrected chi connectivity index (χ3v) is 14.9. The maximum atomic E-state index is 12.9. The van der Waals surface area contributed by atoms with E-state index in [9.17, 15) is 9.59 Å². The van der Waals surface area contributed by atoms with E-state index in [0.717, 1.165) is 61.2 Å². The molecule has 0 aromatic rings. The van der Waals surface area contributed by atoms with Gasteiger partial charge in [-0.2, -0.15) is 0 Å². The molecule has 4 heteroatoms. The molecule has 3 unspecified atom stereocenters. The van der Waals surface area contributed by atoms with Gasteiger partial charge >= 0.3 is 11.9 Å². The molecule has 0 heterocycles. The Kier molecular flexibility index (Phi) is 9.25. The van der Waals surface area contributed by atoms with Crippen LogP contribution in [0.2, 0.25) is 0 Å². The molecule has 0 aromatic carbocycles. The van der Waals surface area contributed by atoms with Gasteiger partial charge in [0.15, 0.2) is 0 Å². The van der Waals surface area contributed by atoms with Crippen LogP contribution in [0, 0.1) is 57.2 Å². The summed E-state index contributed by atoms with van der Waals surface area (Å²) in [5.74, 6) is 5.33. The predicted molar refractivity (Wildman–Crippen MR) is 179 cm³/mol. The van der Waals surface area contributed by atoms with Gasteiger partial charge in [0.1, 0.15) is 11.2 Å². The van der Waals surface area contributed by atoms with E-state index < -0.39 is 0 Å². The SMILES string of the molecule is CCC(C)(C)C(=O)OC(C)(C)C12CC3CC(CC1C3)C2.CCCCC(C)(OC(=O)C(C)(C)CC)C12CC3CC(CC(C3)C1)C2. The molecule has 252 valence electrons. The summed E-state index contributed by atoms with van der Waals surface area (Å²) in [4.78, 5) is 25.5. The Morgan fingerprint density at radius 1 is 0.614 bits per heavy atom. The first kappa shape index (κ1) is 34.3. The van der Waals surface area contributed by atoms with Crippen molar-refractivity contribution in [3.8, 4) is 0 Å². The number of ether oxygens (including phenoxy) is 2. The summed E-state index contributed by atoms with van der Waals surface area (Å²) in [6.07, 6.45) is 20.1. The number of hydrogen-bond acceptors (Lipinski definition) is 4. The molecule has 8 aliphatic rings. The summed E-state index contributed by atoms with van der Waals surface area (Å²) in [6, 6.07) is 0. The Morgan fingerprint density at radius 2 is 1.02 bits per heavy atom. The van der Waals surface area contributed by atoms with Gasteiger partial charge < -0.3 is 9.47 Å². The normalized spacial score (nSPS) is 38.2. The van der Waals surface area contributed by atoms with Gasteiger partial charge in [0.2, 0.25) is 0 Å². The molecule has 8 aliphatic carbocycles. The van der Waals surface area contributed by atoms with E-state index in [1.165, 1.54) is 77.0 Å². The van der Waals surface area contributed by atoms with Gasteiger partial charge in [-0.3, -0.25) is 9.59 Å². The van der Waals surface area contributed by atoms with Gasteiger partial charge in [-0.15, -0.1) is 0 Å². The van der Waals surface area contributed by atoms with E-state index in [4.69, 9.17) is 9.47 Å². The summed E-state index contributed by atoms with van der Waals surface area (Å²) in [5, 5.41) is 0. The van der Waals surface area contributed by atoms with E-state index in [1.807, 2.05) is 27.7 Å². The zero-order valence-corrected chi connectivity index (χ0v) is 30.4. The van der Waals surface area contributed by atoms with Crippen molar-refractivity contribution in [3.63, 3.8) is 0 Å². The molecule has 0 N–H and O–H groups in total. The fourth-order valence-corrected chi connectivity index (χ4v) is 11.6. The van der Waals surface area contributed by atoms with E-state index >= 15 is 0 Å². The van der Waals surface area contributed by atoms with Crippen LogP contribution in [0.25, 0.3) is 0 Å². The van der Waals surface area contributed by atoms with Crippen molar-refractivity contribution in [3.05, 3.63) is 0 Å². The number of esters is 2. The minimum Gasteiger partial charge on any atom is -0.459 e. The monoisotopic (exact) mass is 613 g/mol. The van der Waals surface area contributed by atoms with Crippen LogP contribution in [0.3, 0.4) is 0 Å². The summed E-state index contributed by atoms with van der Waals surface area (Å²) >= 11 is 0. The van der Waals surface area contributed by atoms with Crippen LogP contribution in [0.5, 0.6) is 0 Å². The summed E-state index contributed by atoms with van der Waals surface area (Å²) < 4.78 is 12.6. The molecule has 0 saturated heterocycles. The third kappa shape index (κ3) is 5.93. The maximum absolute atomic E-state index is 12.9. The molecule has 3 atom stereocenters. The standard InChI is InChI=1S/C22H38O2.C18H30O2/c1-6-8-9-21(5,24-19(23)20(3,4)7-2)22-13-16-10-17(14-22)12-18(11-16)15-22;1-6-16(2,3)15(19)20-17(4,5)18-10-12-7-13(11-18)9-14(18)8-12/h16-18H,6-15H2,1-5H3;12-14H,6-11H2,1-5H3. The molecular formula is C40H68O4. The average molecular weight is 613 g/mol. The third-order valence-electron chi connectivity index (χ3n) is 14.9. The molecule has 44 heavy (non-hydrogen) atoms. The Balaban J connectivity index is 0.000000177. The lowest BCUT2D eigenvalue weighted by molar-refractivity contribution is -0.213. The molecule has 8 saturated carbocycles. The molecule has 0 amide bonds. The van der Waals surface area contributed by atoms with Crippen molar-refractivity contribution in [2.75, 3.05) is 0 Å². The van der Waals surface area contributed by atoms with Crippen LogP contribution in [0.4, 0.5) is 0 Å². The van der Waals surface area contributed by atoms with Crippen molar-refractivity contribution < 1.29 is 19.1 Å². The first-order chi connectivity index (χ1) is 20.4. The number of rotatable bonds is 11. The first-order valence-electron chi connectivity index (χ1n) is 18.9. The van der Waals surface area contributed by atoms with E-state index in [1.54, 1.807) is 0 Å². The number of carbonyl (C=O) groups excluding carboxylic acids is 2. The highest BCUT2D eigenvalue weighted by Gasteiger charge is 2.65. The quantitative estimate of drug-likeness (QED) is 0.218. The van der Waals surface area contributed by atoms with E-state index in [0.29, 0.717) is 0 Å². The van der Waals surface area contributed by atoms with Gasteiger partial charge in [0.25, 0.3) is 0 Å². The molecule has 0 aliphatic heterocycles.